The molecule has 0 aliphatic carbocycles. The summed E-state index contributed by atoms with van der Waals surface area (Å²) in [5.41, 5.74) is -1.85. The van der Waals surface area contributed by atoms with Crippen LogP contribution in [-0.2, 0) is 70.4 Å². The average molecular weight is 2180 g/mol. The number of carbonyl (C=O) groups is 1. The molecule has 0 spiro atoms. The van der Waals surface area contributed by atoms with Crippen molar-refractivity contribution in [3.63, 3.8) is 0 Å². The van der Waals surface area contributed by atoms with E-state index in [4.69, 9.17) is 45.9 Å². The molecule has 3 aromatic heterocycles. The van der Waals surface area contributed by atoms with E-state index in [9.17, 15) is 57.4 Å². The van der Waals surface area contributed by atoms with E-state index >= 15 is 0 Å². The maximum absolute atomic E-state index is 14.6. The molecule has 3 aromatic carbocycles. The molecule has 3 unspecified atom stereocenters. The third-order valence-electron chi connectivity index (χ3n) is 25.2. The van der Waals surface area contributed by atoms with Crippen LogP contribution in [0.4, 0.5) is 16.2 Å². The Morgan fingerprint density at radius 3 is 1.27 bits per heavy atom. The van der Waals surface area contributed by atoms with Crippen molar-refractivity contribution in [3.05, 3.63) is 191 Å². The first-order chi connectivity index (χ1) is 59.5. The van der Waals surface area contributed by atoms with Crippen LogP contribution in [-0.4, -0.2) is 120 Å². The van der Waals surface area contributed by atoms with Crippen molar-refractivity contribution in [2.45, 2.75) is 394 Å². The van der Waals surface area contributed by atoms with Crippen molar-refractivity contribution < 1.29 is 68.9 Å². The molecule has 37 heteroatoms. The first-order valence-electron chi connectivity index (χ1n) is 44.8. The Hall–Kier alpha value is -5.81. The van der Waals surface area contributed by atoms with Gasteiger partial charge >= 0.3 is 33.3 Å². The van der Waals surface area contributed by atoms with E-state index in [0.29, 0.717) is 56.1 Å². The minimum atomic E-state index is -4.58. The number of carbonyl (C=O) groups excluding carboxylic acids is 1. The number of rotatable bonds is 29. The minimum Gasteiger partial charge on any atom is -0.443 e. The predicted octanol–water partition coefficient (Wildman–Crippen LogP) is 22.5. The normalized spacial score (nSPS) is 20.3. The van der Waals surface area contributed by atoms with Crippen LogP contribution < -0.4 is 32.4 Å². The summed E-state index contributed by atoms with van der Waals surface area (Å²) in [5.74, 6) is -0.610. The number of nitro benzene ring substituents is 2. The lowest BCUT2D eigenvalue weighted by Crippen LogP contribution is -2.47. The maximum atomic E-state index is 14.6. The van der Waals surface area contributed by atoms with Crippen LogP contribution in [0.25, 0.3) is 0 Å². The highest BCUT2D eigenvalue weighted by Crippen LogP contribution is 2.49. The number of alkyl halides is 1. The van der Waals surface area contributed by atoms with Crippen LogP contribution in [0.3, 0.4) is 0 Å². The Balaban J connectivity index is 0.000000281. The molecule has 0 saturated carbocycles. The summed E-state index contributed by atoms with van der Waals surface area (Å²) >= 11 is 7.34. The van der Waals surface area contributed by atoms with Gasteiger partial charge < -0.3 is 45.9 Å². The first kappa shape index (κ1) is 111. The molecule has 0 amide bonds. The van der Waals surface area contributed by atoms with Crippen molar-refractivity contribution >= 4 is 114 Å². The lowest BCUT2D eigenvalue weighted by Gasteiger charge is -2.39. The number of halogens is 3. The Morgan fingerprint density at radius 2 is 0.923 bits per heavy atom. The Bertz CT molecular complexity index is 5430. The summed E-state index contributed by atoms with van der Waals surface area (Å²) in [6.07, 6.45) is 2.09. The highest BCUT2D eigenvalue weighted by atomic mass is 127. The van der Waals surface area contributed by atoms with Gasteiger partial charge in [-0.05, 0) is 209 Å². The van der Waals surface area contributed by atoms with Gasteiger partial charge in [0.05, 0.1) is 94.1 Å². The van der Waals surface area contributed by atoms with Gasteiger partial charge in [-0.25, -0.2) is 19.2 Å². The van der Waals surface area contributed by atoms with Crippen molar-refractivity contribution in [1.82, 2.24) is 28.2 Å². The number of nitro groups is 2. The van der Waals surface area contributed by atoms with Crippen LogP contribution in [0.1, 0.15) is 319 Å². The SMILES string of the molecule is CC[C@H]1O[C@@H](n2cc(CBr)c(=O)n(C(=O)OC(C)(C)C)c2=O)CC1O[Si](C)(C)C(C)(C)C.CC[C@H]1O[C@@H](n2cc(CO[C@@H](c3ccc(I)cc3[N+](=O)[O-])C(C)(C)C)c(=O)[nH]c2=O)CC1O[Si](C)(C)C(C)(C)C.CC[C@H]1O[C@@H](n2cc(CO[C@@H](c3ccc(I)cc3[N+](=O)[O-])C(C)(C)C)c(OS(=O)(=O)c3c(C(C)C)cc(C(C)C)cc3C(C)C)nc2=O)CC1O[Si](C)(C)C(C)(C)C. The number of nitrogens with one attached hydrogen (secondary N) is 1. The molecule has 1 N–H and O–H groups in total. The van der Waals surface area contributed by atoms with Crippen LogP contribution >= 0.6 is 61.1 Å². The lowest BCUT2D eigenvalue weighted by atomic mass is 9.84. The highest BCUT2D eigenvalue weighted by molar-refractivity contribution is 14.1. The average Bonchev–Trinajstić information content (AvgIpc) is 1.66. The highest BCUT2D eigenvalue weighted by Gasteiger charge is 2.50. The van der Waals surface area contributed by atoms with Gasteiger partial charge in [-0.15, -0.1) is 0 Å². The number of ether oxygens (including phenoxy) is 6. The van der Waals surface area contributed by atoms with E-state index in [-0.39, 0.29) is 121 Å². The largest absolute Gasteiger partial charge is 0.443 e. The van der Waals surface area contributed by atoms with Crippen molar-refractivity contribution in [1.29, 1.82) is 0 Å². The van der Waals surface area contributed by atoms with Gasteiger partial charge in [0.15, 0.2) is 25.0 Å². The van der Waals surface area contributed by atoms with E-state index in [2.05, 4.69) is 141 Å². The molecule has 726 valence electrons. The molecule has 3 saturated heterocycles. The number of hydrogen-bond acceptors (Lipinski definition) is 23. The molecule has 11 atom stereocenters. The molecular weight excluding hydrogens is 2030 g/mol. The molecule has 30 nitrogen and oxygen atoms in total. The summed E-state index contributed by atoms with van der Waals surface area (Å²) in [6.45, 7) is 66.7. The van der Waals surface area contributed by atoms with E-state index in [1.165, 1.54) is 44.4 Å². The third kappa shape index (κ3) is 27.3. The van der Waals surface area contributed by atoms with Crippen LogP contribution in [0.2, 0.25) is 54.4 Å². The summed E-state index contributed by atoms with van der Waals surface area (Å²) in [5, 5.41) is 24.3. The number of aromatic nitrogens is 6. The maximum Gasteiger partial charge on any atom is 0.425 e. The number of aromatic amines is 1. The van der Waals surface area contributed by atoms with Gasteiger partial charge in [-0.1, -0.05) is 194 Å². The number of benzene rings is 3. The van der Waals surface area contributed by atoms with Crippen LogP contribution in [0.15, 0.2) is 96.0 Å². The van der Waals surface area contributed by atoms with E-state index in [1.807, 2.05) is 147 Å². The molecule has 3 fully saturated rings. The number of hydrogen-bond donors (Lipinski definition) is 1. The fourth-order valence-electron chi connectivity index (χ4n) is 14.9. The van der Waals surface area contributed by atoms with E-state index in [0.717, 1.165) is 22.0 Å². The van der Waals surface area contributed by atoms with Gasteiger partial charge in [-0.3, -0.25) is 48.5 Å². The molecule has 6 heterocycles. The van der Waals surface area contributed by atoms with Crippen molar-refractivity contribution in [2.24, 2.45) is 10.8 Å². The summed E-state index contributed by atoms with van der Waals surface area (Å²) in [4.78, 5) is 108. The van der Waals surface area contributed by atoms with Crippen molar-refractivity contribution in [3.8, 4) is 5.88 Å². The van der Waals surface area contributed by atoms with Gasteiger partial charge in [0, 0.05) is 68.0 Å². The second-order valence-corrected chi connectivity index (χ2v) is 61.6. The third-order valence-corrected chi connectivity index (χ3v) is 42.0. The fraction of sp³-hybridized carbons (Fsp3) is 0.667. The number of H-pyrrole nitrogens is 1. The molecular formula is C93H143BrI2N8O22SSi3. The fourth-order valence-corrected chi connectivity index (χ4v) is 21.9. The second kappa shape index (κ2) is 43.3. The molecule has 0 bridgehead atoms. The second-order valence-electron chi connectivity index (χ2n) is 42.8. The standard InChI is InChI=1S/C43H64IN3O9SSi.C28H42IN3O7Si.C22H37BrN2O6Si/c1-16-35-36(56-58(14,15)43(11,12)13)22-37(54-35)46-23-29(24-53-39(42(8,9)10)31-18-17-30(44)21-34(31)47(49)50)40(45-41(46)48)55-57(51,52)38-32(26(4)5)19-28(25(2)3)20-33(38)27(6)7;1-10-21-22(39-40(8,9)28(5,6)7)14-23(38-21)31-15-17(25(33)30-26(31)34)16-37-24(27(2,3)4)19-12-11-18(29)13-20(19)32(35)36;1-10-15-16(31-32(8,9)22(5,6)7)11-17(29-15)24-13-14(12-23)18(26)25(19(24)27)20(28)30-21(2,3)4/h17-21,23,25-27,35-37,39H,16,22,24H2,1-15H3;11-13,15,21-24H,10,14,16H2,1-9H3,(H,30,33,34);13,15-17H,10-12H2,1-9H3/t35-,36?,37-,39+;21-,22?,23-,24+;15-,16?,17-/m111/s1. The summed E-state index contributed by atoms with van der Waals surface area (Å²) in [7, 11) is -10.9. The zero-order chi connectivity index (χ0) is 98.7. The van der Waals surface area contributed by atoms with Crippen LogP contribution in [0, 0.1) is 38.2 Å². The molecule has 3 aliphatic rings. The molecule has 0 radical (unpaired) electrons. The molecule has 6 aromatic rings. The van der Waals surface area contributed by atoms with Gasteiger partial charge in [0.2, 0.25) is 5.88 Å². The van der Waals surface area contributed by atoms with Crippen LogP contribution in [0.5, 0.6) is 5.88 Å². The smallest absolute Gasteiger partial charge is 0.425 e. The van der Waals surface area contributed by atoms with E-state index < -0.39 is 132 Å². The van der Waals surface area contributed by atoms with Gasteiger partial charge in [0.25, 0.3) is 22.5 Å². The molecule has 9 rings (SSSR count). The topological polar surface area (TPSA) is 364 Å². The summed E-state index contributed by atoms with van der Waals surface area (Å²) in [6, 6.07) is 13.8. The molecule has 3 aliphatic heterocycles. The quantitative estimate of drug-likeness (QED) is 0.0114. The Morgan fingerprint density at radius 1 is 0.554 bits per heavy atom. The zero-order valence-electron chi connectivity index (χ0n) is 82.5. The monoisotopic (exact) mass is 2170 g/mol. The first-order valence-corrected chi connectivity index (χ1v) is 58.2. The summed E-state index contributed by atoms with van der Waals surface area (Å²) < 4.78 is 98.4. The van der Waals surface area contributed by atoms with Gasteiger partial charge in [-0.2, -0.15) is 18.0 Å². The van der Waals surface area contributed by atoms with Crippen molar-refractivity contribution in [2.75, 3.05) is 0 Å². The minimum absolute atomic E-state index is 0.0262. The Labute approximate surface area is 806 Å². The Kier molecular flexibility index (Phi) is 37.0. The predicted molar refractivity (Wildman–Crippen MR) is 534 cm³/mol. The van der Waals surface area contributed by atoms with E-state index in [1.54, 1.807) is 45.0 Å². The lowest BCUT2D eigenvalue weighted by molar-refractivity contribution is -0.386. The molecule has 130 heavy (non-hydrogen) atoms. The zero-order valence-corrected chi connectivity index (χ0v) is 92.2. The van der Waals surface area contributed by atoms with Gasteiger partial charge in [0.1, 0.15) is 29.2 Å². The number of nitrogens with zero attached hydrogens (tertiary/aromatic N) is 7.